The molecule has 0 spiro atoms. The summed E-state index contributed by atoms with van der Waals surface area (Å²) in [7, 11) is 1.68. The van der Waals surface area contributed by atoms with E-state index in [1.807, 2.05) is 42.5 Å². The first-order chi connectivity index (χ1) is 11.4. The van der Waals surface area contributed by atoms with E-state index in [0.29, 0.717) is 13.2 Å². The minimum atomic E-state index is 0.628. The zero-order chi connectivity index (χ0) is 15.9. The van der Waals surface area contributed by atoms with Crippen LogP contribution < -0.4 is 5.32 Å². The molecule has 0 amide bonds. The summed E-state index contributed by atoms with van der Waals surface area (Å²) in [5.74, 6) is 0.751. The number of benzene rings is 2. The van der Waals surface area contributed by atoms with Crippen molar-refractivity contribution in [2.75, 3.05) is 25.6 Å². The summed E-state index contributed by atoms with van der Waals surface area (Å²) in [4.78, 5) is 0. The second kappa shape index (κ2) is 7.51. The van der Waals surface area contributed by atoms with Gasteiger partial charge in [0.15, 0.2) is 0 Å². The van der Waals surface area contributed by atoms with Crippen molar-refractivity contribution in [3.05, 3.63) is 66.7 Å². The molecule has 3 aromatic rings. The van der Waals surface area contributed by atoms with Crippen molar-refractivity contribution < 1.29 is 4.74 Å². The Bertz CT molecular complexity index is 745. The first-order valence-electron chi connectivity index (χ1n) is 7.60. The molecule has 4 nitrogen and oxygen atoms in total. The molecule has 1 aromatic heterocycles. The zero-order valence-electron chi connectivity index (χ0n) is 13.1. The van der Waals surface area contributed by atoms with Gasteiger partial charge in [0.25, 0.3) is 0 Å². The molecule has 4 heteroatoms. The SMILES string of the molecule is COCCNc1cc(-c2ccccc2)c(-c2ccccc2)nn1. The van der Waals surface area contributed by atoms with Crippen LogP contribution in [0, 0.1) is 0 Å². The molecule has 23 heavy (non-hydrogen) atoms. The van der Waals surface area contributed by atoms with Crippen molar-refractivity contribution in [3.8, 4) is 22.4 Å². The third-order valence-electron chi connectivity index (χ3n) is 3.54. The van der Waals surface area contributed by atoms with Crippen molar-refractivity contribution >= 4 is 5.82 Å². The summed E-state index contributed by atoms with van der Waals surface area (Å²) in [6.45, 7) is 1.33. The molecule has 1 heterocycles. The van der Waals surface area contributed by atoms with Gasteiger partial charge < -0.3 is 10.1 Å². The molecule has 0 atom stereocenters. The molecule has 3 rings (SSSR count). The van der Waals surface area contributed by atoms with Crippen molar-refractivity contribution in [1.29, 1.82) is 0 Å². The van der Waals surface area contributed by atoms with Gasteiger partial charge in [-0.3, -0.25) is 0 Å². The fourth-order valence-electron chi connectivity index (χ4n) is 2.41. The van der Waals surface area contributed by atoms with E-state index < -0.39 is 0 Å². The number of nitrogens with one attached hydrogen (secondary N) is 1. The van der Waals surface area contributed by atoms with Gasteiger partial charge in [-0.2, -0.15) is 0 Å². The number of rotatable bonds is 6. The summed E-state index contributed by atoms with van der Waals surface area (Å²) in [5.41, 5.74) is 4.12. The molecule has 0 radical (unpaired) electrons. The average Bonchev–Trinajstić information content (AvgIpc) is 2.63. The number of methoxy groups -OCH3 is 1. The molecule has 0 fully saturated rings. The van der Waals surface area contributed by atoms with E-state index in [2.05, 4.69) is 39.8 Å². The van der Waals surface area contributed by atoms with E-state index in [9.17, 15) is 0 Å². The summed E-state index contributed by atoms with van der Waals surface area (Å²) in [5, 5.41) is 12.0. The molecule has 0 unspecified atom stereocenters. The van der Waals surface area contributed by atoms with E-state index >= 15 is 0 Å². The van der Waals surface area contributed by atoms with Gasteiger partial charge in [-0.1, -0.05) is 60.7 Å². The largest absolute Gasteiger partial charge is 0.383 e. The summed E-state index contributed by atoms with van der Waals surface area (Å²) in [6, 6.07) is 22.4. The van der Waals surface area contributed by atoms with Crippen LogP contribution in [-0.4, -0.2) is 30.5 Å². The molecule has 0 saturated heterocycles. The Morgan fingerprint density at radius 3 is 2.17 bits per heavy atom. The summed E-state index contributed by atoms with van der Waals surface area (Å²) >= 11 is 0. The molecule has 1 N–H and O–H groups in total. The van der Waals surface area contributed by atoms with Crippen LogP contribution in [0.2, 0.25) is 0 Å². The van der Waals surface area contributed by atoms with Crippen molar-refractivity contribution in [3.63, 3.8) is 0 Å². The molecular formula is C19H19N3O. The average molecular weight is 305 g/mol. The van der Waals surface area contributed by atoms with Gasteiger partial charge in [-0.15, -0.1) is 10.2 Å². The third kappa shape index (κ3) is 3.73. The molecule has 0 aliphatic carbocycles. The maximum absolute atomic E-state index is 5.06. The monoisotopic (exact) mass is 305 g/mol. The fourth-order valence-corrected chi connectivity index (χ4v) is 2.41. The Morgan fingerprint density at radius 2 is 1.52 bits per heavy atom. The number of ether oxygens (including phenoxy) is 1. The number of nitrogens with zero attached hydrogens (tertiary/aromatic N) is 2. The van der Waals surface area contributed by atoms with Crippen LogP contribution in [0.15, 0.2) is 66.7 Å². The van der Waals surface area contributed by atoms with Crippen molar-refractivity contribution in [2.45, 2.75) is 0 Å². The lowest BCUT2D eigenvalue weighted by molar-refractivity contribution is 0.210. The minimum Gasteiger partial charge on any atom is -0.383 e. The van der Waals surface area contributed by atoms with Crippen LogP contribution in [0.25, 0.3) is 22.4 Å². The van der Waals surface area contributed by atoms with E-state index in [1.54, 1.807) is 7.11 Å². The van der Waals surface area contributed by atoms with Gasteiger partial charge in [-0.05, 0) is 11.6 Å². The Balaban J connectivity index is 2.02. The van der Waals surface area contributed by atoms with Crippen LogP contribution in [0.1, 0.15) is 0 Å². The van der Waals surface area contributed by atoms with E-state index in [-0.39, 0.29) is 0 Å². The van der Waals surface area contributed by atoms with Crippen LogP contribution in [0.3, 0.4) is 0 Å². The van der Waals surface area contributed by atoms with Gasteiger partial charge in [0.05, 0.1) is 6.61 Å². The zero-order valence-corrected chi connectivity index (χ0v) is 13.1. The minimum absolute atomic E-state index is 0.628. The predicted octanol–water partition coefficient (Wildman–Crippen LogP) is 3.87. The molecule has 2 aromatic carbocycles. The molecule has 0 saturated carbocycles. The first-order valence-corrected chi connectivity index (χ1v) is 7.60. The topological polar surface area (TPSA) is 47.0 Å². The lowest BCUT2D eigenvalue weighted by atomic mass is 10.00. The number of hydrogen-bond donors (Lipinski definition) is 1. The highest BCUT2D eigenvalue weighted by molar-refractivity contribution is 5.81. The van der Waals surface area contributed by atoms with Gasteiger partial charge >= 0.3 is 0 Å². The standard InChI is InChI=1S/C19H19N3O/c1-23-13-12-20-18-14-17(15-8-4-2-5-9-15)19(22-21-18)16-10-6-3-7-11-16/h2-11,14H,12-13H2,1H3,(H,20,21). The smallest absolute Gasteiger partial charge is 0.149 e. The highest BCUT2D eigenvalue weighted by Gasteiger charge is 2.11. The summed E-state index contributed by atoms with van der Waals surface area (Å²) < 4.78 is 5.06. The Labute approximate surface area is 136 Å². The molecular weight excluding hydrogens is 286 g/mol. The number of hydrogen-bond acceptors (Lipinski definition) is 4. The lowest BCUT2D eigenvalue weighted by Gasteiger charge is -2.11. The van der Waals surface area contributed by atoms with Crippen molar-refractivity contribution in [1.82, 2.24) is 10.2 Å². The fraction of sp³-hybridized carbons (Fsp3) is 0.158. The van der Waals surface area contributed by atoms with Crippen LogP contribution >= 0.6 is 0 Å². The van der Waals surface area contributed by atoms with Crippen LogP contribution in [0.5, 0.6) is 0 Å². The highest BCUT2D eigenvalue weighted by Crippen LogP contribution is 2.31. The molecule has 0 bridgehead atoms. The quantitative estimate of drug-likeness (QED) is 0.702. The third-order valence-corrected chi connectivity index (χ3v) is 3.54. The van der Waals surface area contributed by atoms with E-state index in [1.165, 1.54) is 0 Å². The molecule has 116 valence electrons. The maximum Gasteiger partial charge on any atom is 0.149 e. The second-order valence-electron chi connectivity index (χ2n) is 5.14. The summed E-state index contributed by atoms with van der Waals surface area (Å²) in [6.07, 6.45) is 0. The van der Waals surface area contributed by atoms with Crippen molar-refractivity contribution in [2.24, 2.45) is 0 Å². The normalized spacial score (nSPS) is 10.5. The van der Waals surface area contributed by atoms with E-state index in [4.69, 9.17) is 4.74 Å². The highest BCUT2D eigenvalue weighted by atomic mass is 16.5. The first kappa shape index (κ1) is 15.2. The molecule has 0 aliphatic heterocycles. The van der Waals surface area contributed by atoms with E-state index in [0.717, 1.165) is 28.2 Å². The maximum atomic E-state index is 5.06. The lowest BCUT2D eigenvalue weighted by Crippen LogP contribution is -2.09. The van der Waals surface area contributed by atoms with Crippen LogP contribution in [-0.2, 0) is 4.74 Å². The number of anilines is 1. The van der Waals surface area contributed by atoms with Gasteiger partial charge in [0.1, 0.15) is 11.5 Å². The molecule has 0 aliphatic rings. The second-order valence-corrected chi connectivity index (χ2v) is 5.14. The van der Waals surface area contributed by atoms with Crippen LogP contribution in [0.4, 0.5) is 5.82 Å². The Kier molecular flexibility index (Phi) is 4.96. The Morgan fingerprint density at radius 1 is 0.870 bits per heavy atom. The number of aromatic nitrogens is 2. The van der Waals surface area contributed by atoms with Gasteiger partial charge in [-0.25, -0.2) is 0 Å². The van der Waals surface area contributed by atoms with Gasteiger partial charge in [0, 0.05) is 24.8 Å². The van der Waals surface area contributed by atoms with Gasteiger partial charge in [0.2, 0.25) is 0 Å². The predicted molar refractivity (Wildman–Crippen MR) is 93.3 cm³/mol. The Hall–Kier alpha value is -2.72.